The molecule has 1 fully saturated rings. The van der Waals surface area contributed by atoms with Crippen molar-refractivity contribution in [1.82, 2.24) is 10.2 Å². The highest BCUT2D eigenvalue weighted by atomic mass is 19.3. The molecule has 1 aromatic heterocycles. The van der Waals surface area contributed by atoms with Crippen molar-refractivity contribution in [2.45, 2.75) is 31.1 Å². The first-order valence-electron chi connectivity index (χ1n) is 4.78. The molecule has 3 rings (SSSR count). The number of halogens is 4. The predicted octanol–water partition coefficient (Wildman–Crippen LogP) is 2.95. The van der Waals surface area contributed by atoms with Crippen LogP contribution in [0.2, 0.25) is 0 Å². The molecule has 2 aliphatic carbocycles. The van der Waals surface area contributed by atoms with Gasteiger partial charge in [0.1, 0.15) is 11.4 Å². The summed E-state index contributed by atoms with van der Waals surface area (Å²) < 4.78 is 52.2. The molecule has 0 bridgehead atoms. The minimum Gasteiger partial charge on any atom is -0.276 e. The van der Waals surface area contributed by atoms with Crippen LogP contribution in [-0.4, -0.2) is 10.2 Å². The van der Waals surface area contributed by atoms with Crippen molar-refractivity contribution in [3.05, 3.63) is 17.0 Å². The smallest absolute Gasteiger partial charge is 0.276 e. The molecule has 0 amide bonds. The molecule has 0 spiro atoms. The van der Waals surface area contributed by atoms with Gasteiger partial charge in [0.2, 0.25) is 0 Å². The van der Waals surface area contributed by atoms with Crippen LogP contribution in [0.4, 0.5) is 17.6 Å². The van der Waals surface area contributed by atoms with Gasteiger partial charge in [0.15, 0.2) is 0 Å². The average molecular weight is 220 g/mol. The first kappa shape index (κ1) is 9.18. The lowest BCUT2D eigenvalue weighted by atomic mass is 9.73. The van der Waals surface area contributed by atoms with Crippen LogP contribution >= 0.6 is 0 Å². The van der Waals surface area contributed by atoms with Crippen molar-refractivity contribution in [2.24, 2.45) is 5.92 Å². The number of nitrogens with one attached hydrogen (secondary N) is 1. The summed E-state index contributed by atoms with van der Waals surface area (Å²) in [7, 11) is 0. The molecule has 1 N–H and O–H groups in total. The Morgan fingerprint density at radius 2 is 2.07 bits per heavy atom. The number of aromatic nitrogens is 2. The van der Waals surface area contributed by atoms with Gasteiger partial charge in [0.25, 0.3) is 12.3 Å². The second kappa shape index (κ2) is 2.54. The number of H-pyrrole nitrogens is 1. The summed E-state index contributed by atoms with van der Waals surface area (Å²) in [5.41, 5.74) is -0.798. The lowest BCUT2D eigenvalue weighted by Gasteiger charge is -2.34. The van der Waals surface area contributed by atoms with Crippen molar-refractivity contribution in [3.8, 4) is 0 Å². The Hall–Kier alpha value is -1.07. The Morgan fingerprint density at radius 3 is 2.60 bits per heavy atom. The lowest BCUT2D eigenvalue weighted by Crippen LogP contribution is -2.31. The number of alkyl halides is 4. The number of nitrogens with zero attached hydrogens (tertiary/aromatic N) is 1. The molecule has 0 saturated heterocycles. The summed E-state index contributed by atoms with van der Waals surface area (Å²) in [6.07, 6.45) is -1.79. The molecule has 0 aromatic carbocycles. The van der Waals surface area contributed by atoms with E-state index in [0.29, 0.717) is 12.8 Å². The van der Waals surface area contributed by atoms with Crippen LogP contribution in [0.15, 0.2) is 0 Å². The first-order chi connectivity index (χ1) is 7.03. The van der Waals surface area contributed by atoms with E-state index in [9.17, 15) is 17.6 Å². The maximum absolute atomic E-state index is 13.6. The highest BCUT2D eigenvalue weighted by molar-refractivity contribution is 5.42. The van der Waals surface area contributed by atoms with Gasteiger partial charge in [0, 0.05) is 11.5 Å². The summed E-state index contributed by atoms with van der Waals surface area (Å²) in [5.74, 6) is -4.25. The Labute approximate surface area is 82.7 Å². The van der Waals surface area contributed by atoms with Gasteiger partial charge in [0.05, 0.1) is 0 Å². The first-order valence-corrected chi connectivity index (χ1v) is 4.78. The Morgan fingerprint density at radius 1 is 1.33 bits per heavy atom. The number of fused-ring (bicyclic) bond motifs is 3. The largest absolute Gasteiger partial charge is 0.295 e. The molecule has 0 aliphatic heterocycles. The minimum absolute atomic E-state index is 0.0752. The zero-order valence-corrected chi connectivity index (χ0v) is 7.61. The molecule has 1 saturated carbocycles. The van der Waals surface area contributed by atoms with Crippen LogP contribution in [0.1, 0.15) is 42.1 Å². The van der Waals surface area contributed by atoms with Gasteiger partial charge in [-0.2, -0.15) is 13.9 Å². The number of rotatable bonds is 1. The fraction of sp³-hybridized carbons (Fsp3) is 0.667. The van der Waals surface area contributed by atoms with E-state index in [0.717, 1.165) is 0 Å². The van der Waals surface area contributed by atoms with E-state index >= 15 is 0 Å². The van der Waals surface area contributed by atoms with Gasteiger partial charge >= 0.3 is 0 Å². The van der Waals surface area contributed by atoms with E-state index in [4.69, 9.17) is 0 Å². The van der Waals surface area contributed by atoms with Gasteiger partial charge in [-0.05, 0) is 18.8 Å². The normalized spacial score (nSPS) is 31.3. The molecular weight excluding hydrogens is 212 g/mol. The summed E-state index contributed by atoms with van der Waals surface area (Å²) in [4.78, 5) is 0. The molecule has 2 nitrogen and oxygen atoms in total. The third kappa shape index (κ3) is 0.922. The maximum Gasteiger partial charge on any atom is 0.295 e. The fourth-order valence-electron chi connectivity index (χ4n) is 2.61. The maximum atomic E-state index is 13.6. The molecule has 6 heteroatoms. The Kier molecular flexibility index (Phi) is 1.55. The standard InChI is InChI=1S/C9H8F4N2/c10-8(11)6-5-3-1-2-4(3)9(12,13)7(5)15-14-6/h3-4,8H,1-2H2,(H,14,15)/t3-,4+/m0/s1. The monoisotopic (exact) mass is 220 g/mol. The number of hydrogen-bond acceptors (Lipinski definition) is 1. The minimum atomic E-state index is -3.03. The third-order valence-corrected chi connectivity index (χ3v) is 3.48. The molecule has 0 unspecified atom stereocenters. The number of hydrogen-bond donors (Lipinski definition) is 1. The zero-order chi connectivity index (χ0) is 10.8. The van der Waals surface area contributed by atoms with Crippen molar-refractivity contribution >= 4 is 0 Å². The van der Waals surface area contributed by atoms with Gasteiger partial charge < -0.3 is 0 Å². The van der Waals surface area contributed by atoms with Crippen LogP contribution in [0.3, 0.4) is 0 Å². The topological polar surface area (TPSA) is 28.7 Å². The van der Waals surface area contributed by atoms with Crippen LogP contribution in [0, 0.1) is 5.92 Å². The van der Waals surface area contributed by atoms with E-state index in [-0.39, 0.29) is 5.56 Å². The molecule has 15 heavy (non-hydrogen) atoms. The van der Waals surface area contributed by atoms with Crippen LogP contribution < -0.4 is 0 Å². The van der Waals surface area contributed by atoms with E-state index in [1.165, 1.54) is 0 Å². The second-order valence-electron chi connectivity index (χ2n) is 4.11. The van der Waals surface area contributed by atoms with Gasteiger partial charge in [-0.3, -0.25) is 5.10 Å². The molecule has 82 valence electrons. The SMILES string of the molecule is FC(F)c1[nH]nc2c1[C@H]1CC[C@H]1C2(F)F. The third-order valence-electron chi connectivity index (χ3n) is 3.48. The quantitative estimate of drug-likeness (QED) is 0.724. The molecule has 2 aliphatic rings. The van der Waals surface area contributed by atoms with Crippen molar-refractivity contribution in [3.63, 3.8) is 0 Å². The highest BCUT2D eigenvalue weighted by Gasteiger charge is 2.61. The van der Waals surface area contributed by atoms with E-state index < -0.39 is 35.6 Å². The van der Waals surface area contributed by atoms with Crippen LogP contribution in [0.25, 0.3) is 0 Å². The Balaban J connectivity index is 2.16. The lowest BCUT2D eigenvalue weighted by molar-refractivity contribution is -0.0908. The van der Waals surface area contributed by atoms with E-state index in [2.05, 4.69) is 5.10 Å². The van der Waals surface area contributed by atoms with Gasteiger partial charge in [-0.15, -0.1) is 0 Å². The predicted molar refractivity (Wildman–Crippen MR) is 42.9 cm³/mol. The van der Waals surface area contributed by atoms with Crippen LogP contribution in [-0.2, 0) is 5.92 Å². The van der Waals surface area contributed by atoms with Crippen LogP contribution in [0.5, 0.6) is 0 Å². The van der Waals surface area contributed by atoms with E-state index in [1.54, 1.807) is 0 Å². The Bertz CT molecular complexity index is 412. The summed E-state index contributed by atoms with van der Waals surface area (Å²) >= 11 is 0. The van der Waals surface area contributed by atoms with E-state index in [1.807, 2.05) is 5.10 Å². The molecule has 1 heterocycles. The molecule has 2 atom stereocenters. The fourth-order valence-corrected chi connectivity index (χ4v) is 2.61. The second-order valence-corrected chi connectivity index (χ2v) is 4.11. The van der Waals surface area contributed by atoms with Crippen molar-refractivity contribution in [1.29, 1.82) is 0 Å². The molecule has 1 aromatic rings. The summed E-state index contributed by atoms with van der Waals surface area (Å²) in [5, 5.41) is 5.39. The molecular formula is C9H8F4N2. The molecule has 0 radical (unpaired) electrons. The van der Waals surface area contributed by atoms with Gasteiger partial charge in [-0.1, -0.05) is 0 Å². The summed E-state index contributed by atoms with van der Waals surface area (Å²) in [6, 6.07) is 0. The zero-order valence-electron chi connectivity index (χ0n) is 7.61. The average Bonchev–Trinajstić information content (AvgIpc) is 2.50. The number of aromatic amines is 1. The van der Waals surface area contributed by atoms with Gasteiger partial charge in [-0.25, -0.2) is 8.78 Å². The highest BCUT2D eigenvalue weighted by Crippen LogP contribution is 2.62. The summed E-state index contributed by atoms with van der Waals surface area (Å²) in [6.45, 7) is 0. The van der Waals surface area contributed by atoms with Crippen molar-refractivity contribution in [2.75, 3.05) is 0 Å². The van der Waals surface area contributed by atoms with Crippen molar-refractivity contribution < 1.29 is 17.6 Å².